The van der Waals surface area contributed by atoms with Crippen LogP contribution in [-0.4, -0.2) is 27.9 Å². The Labute approximate surface area is 190 Å². The average molecular weight is 410 g/mol. The molecule has 0 N–H and O–H groups in total. The van der Waals surface area contributed by atoms with E-state index in [1.807, 2.05) is 23.7 Å². The Balaban J connectivity index is 0.00000196. The fourth-order valence-electron chi connectivity index (χ4n) is 3.01. The summed E-state index contributed by atoms with van der Waals surface area (Å²) in [6, 6.07) is 7.78. The monoisotopic (exact) mass is 409 g/mol. The van der Waals surface area contributed by atoms with Gasteiger partial charge in [-0.3, -0.25) is 4.68 Å². The quantitative estimate of drug-likeness (QED) is 0.610. The van der Waals surface area contributed by atoms with E-state index < -0.39 is 0 Å². The molecule has 0 atom stereocenters. The fourth-order valence-corrected chi connectivity index (χ4v) is 4.40. The molecule has 0 saturated carbocycles. The predicted octanol–water partition coefficient (Wildman–Crippen LogP) is 4.14. The Bertz CT molecular complexity index is 1020. The standard InChI is InChI=1S/C18H16ClN5S.Ar/c1-12-7-15(10-20)22-24(12)11-13-8-14(19)9-16-17(13)21-18(25-16)23-5-3-2-4-6-23;/h2-3,7-9H,4-6,11H2,1H3;. The molecular formula is C18H16ArClN5S. The van der Waals surface area contributed by atoms with Crippen molar-refractivity contribution in [2.75, 3.05) is 18.0 Å². The van der Waals surface area contributed by atoms with Crippen molar-refractivity contribution in [3.05, 3.63) is 52.3 Å². The van der Waals surface area contributed by atoms with E-state index >= 15 is 0 Å². The van der Waals surface area contributed by atoms with E-state index in [2.05, 4.69) is 28.2 Å². The van der Waals surface area contributed by atoms with Crippen LogP contribution in [0.5, 0.6) is 0 Å². The summed E-state index contributed by atoms with van der Waals surface area (Å²) in [6.07, 6.45) is 5.44. The second-order valence-corrected chi connectivity index (χ2v) is 7.50. The number of hydrogen-bond acceptors (Lipinski definition) is 5. The van der Waals surface area contributed by atoms with E-state index in [4.69, 9.17) is 21.8 Å². The van der Waals surface area contributed by atoms with Crippen molar-refractivity contribution in [1.29, 1.82) is 5.26 Å². The molecule has 5 nitrogen and oxygen atoms in total. The van der Waals surface area contributed by atoms with Crippen LogP contribution in [0.4, 0.5) is 5.13 Å². The first kappa shape index (κ1) is 19.7. The Morgan fingerprint density at radius 1 is 1.31 bits per heavy atom. The number of hydrogen-bond donors (Lipinski definition) is 0. The number of fused-ring (bicyclic) bond motifs is 1. The van der Waals surface area contributed by atoms with Gasteiger partial charge >= 0.3 is 0 Å². The van der Waals surface area contributed by atoms with Gasteiger partial charge in [-0.25, -0.2) is 4.98 Å². The third-order valence-electron chi connectivity index (χ3n) is 4.27. The summed E-state index contributed by atoms with van der Waals surface area (Å²) in [4.78, 5) is 7.16. The van der Waals surface area contributed by atoms with Gasteiger partial charge in [0.15, 0.2) is 10.8 Å². The maximum Gasteiger partial charge on any atom is 0.186 e. The number of halogens is 1. The smallest absolute Gasteiger partial charge is 0.186 e. The molecule has 0 spiro atoms. The number of aryl methyl sites for hydroxylation is 1. The molecule has 0 bridgehead atoms. The van der Waals surface area contributed by atoms with Crippen LogP contribution in [0.3, 0.4) is 0 Å². The van der Waals surface area contributed by atoms with Gasteiger partial charge in [-0.2, -0.15) is 10.4 Å². The fraction of sp³-hybridized carbons (Fsp3) is 0.278. The zero-order chi connectivity index (χ0) is 17.4. The molecule has 134 valence electrons. The molecule has 0 radical (unpaired) electrons. The second kappa shape index (κ2) is 8.28. The van der Waals surface area contributed by atoms with Crippen molar-refractivity contribution in [3.8, 4) is 6.07 Å². The van der Waals surface area contributed by atoms with E-state index in [1.165, 1.54) is 0 Å². The molecule has 0 aliphatic carbocycles. The van der Waals surface area contributed by atoms with Crippen LogP contribution in [0.1, 0.15) is 23.4 Å². The molecule has 26 heavy (non-hydrogen) atoms. The van der Waals surface area contributed by atoms with Crippen molar-refractivity contribution in [1.82, 2.24) is 14.8 Å². The minimum atomic E-state index is 0. The van der Waals surface area contributed by atoms with Crippen molar-refractivity contribution in [3.63, 3.8) is 0 Å². The molecule has 3 heterocycles. The molecule has 1 aliphatic rings. The van der Waals surface area contributed by atoms with Gasteiger partial charge in [0, 0.05) is 67.1 Å². The summed E-state index contributed by atoms with van der Waals surface area (Å²) in [7, 11) is 0. The molecule has 0 fully saturated rings. The number of rotatable bonds is 3. The molecule has 0 saturated heterocycles. The number of nitrogens with zero attached hydrogens (tertiary/aromatic N) is 5. The summed E-state index contributed by atoms with van der Waals surface area (Å²) in [5.41, 5.74) is 3.36. The number of aromatic nitrogens is 3. The van der Waals surface area contributed by atoms with Crippen molar-refractivity contribution >= 4 is 38.3 Å². The maximum atomic E-state index is 9.04. The van der Waals surface area contributed by atoms with E-state index in [9.17, 15) is 0 Å². The first-order valence-corrected chi connectivity index (χ1v) is 9.27. The molecule has 1 aliphatic heterocycles. The normalized spacial score (nSPS) is 13.7. The van der Waals surface area contributed by atoms with Gasteiger partial charge in [-0.05, 0) is 31.5 Å². The van der Waals surface area contributed by atoms with E-state index in [1.54, 1.807) is 17.4 Å². The Morgan fingerprint density at radius 3 is 2.85 bits per heavy atom. The predicted molar refractivity (Wildman–Crippen MR) is 101 cm³/mol. The van der Waals surface area contributed by atoms with Crippen molar-refractivity contribution in [2.24, 2.45) is 0 Å². The maximum absolute atomic E-state index is 9.04. The molecule has 0 unspecified atom stereocenters. The molecular weight excluding hydrogens is 394 g/mol. The third-order valence-corrected chi connectivity index (χ3v) is 5.55. The van der Waals surface area contributed by atoms with Crippen LogP contribution in [-0.2, 0) is 6.54 Å². The Kier molecular flexibility index (Phi) is 6.26. The summed E-state index contributed by atoms with van der Waals surface area (Å²) < 4.78 is 2.91. The van der Waals surface area contributed by atoms with Gasteiger partial charge in [0.25, 0.3) is 0 Å². The van der Waals surface area contributed by atoms with E-state index in [0.717, 1.165) is 46.1 Å². The topological polar surface area (TPSA) is 57.7 Å². The van der Waals surface area contributed by atoms with Gasteiger partial charge in [0.1, 0.15) is 6.07 Å². The zero-order valence-corrected chi connectivity index (χ0v) is 16.4. The van der Waals surface area contributed by atoms with Gasteiger partial charge < -0.3 is 4.90 Å². The van der Waals surface area contributed by atoms with Crippen LogP contribution in [0.2, 0.25) is 5.02 Å². The van der Waals surface area contributed by atoms with Crippen LogP contribution in [0.15, 0.2) is 30.4 Å². The average Bonchev–Trinajstić information content (AvgIpc) is 3.19. The van der Waals surface area contributed by atoms with Crippen LogP contribution in [0.25, 0.3) is 10.2 Å². The molecule has 8 heteroatoms. The Hall–Kier alpha value is -1.10. The summed E-state index contributed by atoms with van der Waals surface area (Å²) in [5.74, 6) is 0. The molecule has 2 aromatic heterocycles. The van der Waals surface area contributed by atoms with Crippen molar-refractivity contribution < 1.29 is 37.7 Å². The van der Waals surface area contributed by atoms with Crippen LogP contribution < -0.4 is 4.90 Å². The van der Waals surface area contributed by atoms with Crippen molar-refractivity contribution in [2.45, 2.75) is 19.9 Å². The molecule has 3 aromatic rings. The van der Waals surface area contributed by atoms with Gasteiger partial charge in [-0.1, -0.05) is 35.1 Å². The zero-order valence-electron chi connectivity index (χ0n) is 14.1. The van der Waals surface area contributed by atoms with Gasteiger partial charge in [0.05, 0.1) is 16.8 Å². The minimum Gasteiger partial charge on any atom is -0.344 e. The number of thiazole rings is 1. The minimum absolute atomic E-state index is 0. The first-order valence-electron chi connectivity index (χ1n) is 8.07. The van der Waals surface area contributed by atoms with Crippen LogP contribution in [0, 0.1) is 56.0 Å². The summed E-state index contributed by atoms with van der Waals surface area (Å²) >= 11 is 8.00. The number of anilines is 1. The molecule has 4 rings (SSSR count). The Morgan fingerprint density at radius 2 is 2.15 bits per heavy atom. The summed E-state index contributed by atoms with van der Waals surface area (Å²) in [5, 5.41) is 15.1. The SMILES string of the molecule is Cc1cc(C#N)nn1Cc1cc(Cl)cc2sc(N3CC=CCC3)nc12.[Ar]. The number of nitriles is 1. The third kappa shape index (κ3) is 3.92. The van der Waals surface area contributed by atoms with Gasteiger partial charge in [-0.15, -0.1) is 0 Å². The summed E-state index contributed by atoms with van der Waals surface area (Å²) in [6.45, 7) is 4.38. The largest absolute Gasteiger partial charge is 0.344 e. The van der Waals surface area contributed by atoms with E-state index in [-0.39, 0.29) is 37.7 Å². The second-order valence-electron chi connectivity index (χ2n) is 6.05. The van der Waals surface area contributed by atoms with Crippen LogP contribution >= 0.6 is 22.9 Å². The van der Waals surface area contributed by atoms with Gasteiger partial charge in [0.2, 0.25) is 0 Å². The molecule has 1 aromatic carbocycles. The first-order chi connectivity index (χ1) is 12.1. The van der Waals surface area contributed by atoms with E-state index in [0.29, 0.717) is 17.3 Å². The molecule has 0 amide bonds. The number of benzene rings is 1.